The molecule has 1 saturated heterocycles. The fourth-order valence-electron chi connectivity index (χ4n) is 2.92. The molecule has 2 aromatic carbocycles. The topological polar surface area (TPSA) is 41.9 Å². The molecule has 8 heteroatoms. The lowest BCUT2D eigenvalue weighted by Crippen LogP contribution is -2.39. The van der Waals surface area contributed by atoms with E-state index in [1.165, 1.54) is 23.9 Å². The zero-order chi connectivity index (χ0) is 20.9. The van der Waals surface area contributed by atoms with Gasteiger partial charge in [0.15, 0.2) is 5.17 Å². The molecular weight excluding hydrogens is 401 g/mol. The minimum Gasteiger partial charge on any atom is -0.497 e. The first-order valence-electron chi connectivity index (χ1n) is 9.19. The van der Waals surface area contributed by atoms with Crippen molar-refractivity contribution < 1.29 is 22.7 Å². The summed E-state index contributed by atoms with van der Waals surface area (Å²) >= 11 is 1.39. The van der Waals surface area contributed by atoms with Crippen LogP contribution in [0.3, 0.4) is 0 Å². The summed E-state index contributed by atoms with van der Waals surface area (Å²) in [5.74, 6) is 1.45. The summed E-state index contributed by atoms with van der Waals surface area (Å²) in [4.78, 5) is 18.7. The monoisotopic (exact) mass is 422 g/mol. The maximum absolute atomic E-state index is 12.9. The SMILES string of the molecule is COc1ccc(CCC(=O)N2CCCSC2=Nc2cccc(C(F)(F)F)c2)cc1. The van der Waals surface area contributed by atoms with Gasteiger partial charge in [-0.25, -0.2) is 4.99 Å². The lowest BCUT2D eigenvalue weighted by Gasteiger charge is -2.28. The number of aryl methyl sites for hydroxylation is 1. The van der Waals surface area contributed by atoms with Crippen LogP contribution in [-0.2, 0) is 17.4 Å². The van der Waals surface area contributed by atoms with Crippen molar-refractivity contribution in [2.75, 3.05) is 19.4 Å². The van der Waals surface area contributed by atoms with Gasteiger partial charge >= 0.3 is 6.18 Å². The van der Waals surface area contributed by atoms with Gasteiger partial charge < -0.3 is 4.74 Å². The number of aliphatic imine (C=N–C) groups is 1. The maximum atomic E-state index is 12.9. The molecule has 4 nitrogen and oxygen atoms in total. The normalized spacial score (nSPS) is 16.1. The number of benzene rings is 2. The molecule has 0 spiro atoms. The van der Waals surface area contributed by atoms with Crippen molar-refractivity contribution in [2.24, 2.45) is 4.99 Å². The van der Waals surface area contributed by atoms with Crippen molar-refractivity contribution in [3.05, 3.63) is 59.7 Å². The summed E-state index contributed by atoms with van der Waals surface area (Å²) in [7, 11) is 1.60. The number of nitrogens with zero attached hydrogens (tertiary/aromatic N) is 2. The fourth-order valence-corrected chi connectivity index (χ4v) is 3.90. The van der Waals surface area contributed by atoms with Gasteiger partial charge in [-0.05, 0) is 48.7 Å². The highest BCUT2D eigenvalue weighted by atomic mass is 32.2. The molecule has 0 aliphatic carbocycles. The van der Waals surface area contributed by atoms with E-state index in [4.69, 9.17) is 4.74 Å². The Hall–Kier alpha value is -2.48. The molecule has 29 heavy (non-hydrogen) atoms. The van der Waals surface area contributed by atoms with Crippen LogP contribution in [0.25, 0.3) is 0 Å². The summed E-state index contributed by atoms with van der Waals surface area (Å²) in [5, 5.41) is 0.454. The molecule has 0 aromatic heterocycles. The van der Waals surface area contributed by atoms with Crippen LogP contribution in [0.4, 0.5) is 18.9 Å². The van der Waals surface area contributed by atoms with Gasteiger partial charge in [0, 0.05) is 18.7 Å². The molecule has 0 radical (unpaired) electrons. The van der Waals surface area contributed by atoms with E-state index in [1.54, 1.807) is 12.0 Å². The van der Waals surface area contributed by atoms with Crippen molar-refractivity contribution in [3.8, 4) is 5.75 Å². The van der Waals surface area contributed by atoms with Gasteiger partial charge in [0.1, 0.15) is 5.75 Å². The van der Waals surface area contributed by atoms with Gasteiger partial charge in [0.05, 0.1) is 18.4 Å². The summed E-state index contributed by atoms with van der Waals surface area (Å²) in [6.07, 6.45) is -2.74. The first kappa shape index (κ1) is 21.2. The van der Waals surface area contributed by atoms with Crippen LogP contribution in [0, 0.1) is 0 Å². The molecule has 1 aliphatic heterocycles. The lowest BCUT2D eigenvalue weighted by atomic mass is 10.1. The number of carbonyl (C=O) groups excluding carboxylic acids is 1. The van der Waals surface area contributed by atoms with Crippen molar-refractivity contribution in [2.45, 2.75) is 25.4 Å². The van der Waals surface area contributed by atoms with Gasteiger partial charge in [-0.15, -0.1) is 0 Å². The average molecular weight is 422 g/mol. The Morgan fingerprint density at radius 2 is 1.97 bits per heavy atom. The predicted octanol–water partition coefficient (Wildman–Crippen LogP) is 5.30. The number of amides is 1. The number of methoxy groups -OCH3 is 1. The van der Waals surface area contributed by atoms with Gasteiger partial charge in [-0.3, -0.25) is 9.69 Å². The number of thioether (sulfide) groups is 1. The Morgan fingerprint density at radius 1 is 1.21 bits per heavy atom. The number of ether oxygens (including phenoxy) is 1. The van der Waals surface area contributed by atoms with E-state index in [0.717, 1.165) is 35.6 Å². The van der Waals surface area contributed by atoms with Gasteiger partial charge in [0.2, 0.25) is 5.91 Å². The van der Waals surface area contributed by atoms with E-state index in [9.17, 15) is 18.0 Å². The minimum atomic E-state index is -4.43. The number of alkyl halides is 3. The van der Waals surface area contributed by atoms with E-state index in [1.807, 2.05) is 24.3 Å². The zero-order valence-electron chi connectivity index (χ0n) is 15.9. The first-order valence-corrected chi connectivity index (χ1v) is 10.2. The molecule has 154 valence electrons. The number of hydrogen-bond acceptors (Lipinski definition) is 4. The van der Waals surface area contributed by atoms with E-state index in [0.29, 0.717) is 24.6 Å². The molecule has 1 amide bonds. The number of halogens is 3. The third kappa shape index (κ3) is 5.76. The Bertz CT molecular complexity index is 882. The smallest absolute Gasteiger partial charge is 0.416 e. The molecule has 0 N–H and O–H groups in total. The highest BCUT2D eigenvalue weighted by Crippen LogP contribution is 2.32. The third-order valence-corrected chi connectivity index (χ3v) is 5.54. The van der Waals surface area contributed by atoms with E-state index >= 15 is 0 Å². The molecule has 0 saturated carbocycles. The van der Waals surface area contributed by atoms with Crippen molar-refractivity contribution in [1.29, 1.82) is 0 Å². The van der Waals surface area contributed by atoms with Crippen LogP contribution in [0.1, 0.15) is 24.0 Å². The molecule has 0 unspecified atom stereocenters. The number of rotatable bonds is 5. The standard InChI is InChI=1S/C21H21F3N2O2S/c1-28-18-9-6-15(7-10-18)8-11-19(27)26-12-3-13-29-20(26)25-17-5-2-4-16(14-17)21(22,23)24/h2,4-7,9-10,14H,3,8,11-13H2,1H3. The molecule has 1 aliphatic rings. The van der Waals surface area contributed by atoms with Gasteiger partial charge in [0.25, 0.3) is 0 Å². The maximum Gasteiger partial charge on any atom is 0.416 e. The van der Waals surface area contributed by atoms with Crippen LogP contribution in [0.5, 0.6) is 5.75 Å². The molecule has 2 aromatic rings. The minimum absolute atomic E-state index is 0.0845. The van der Waals surface area contributed by atoms with Crippen LogP contribution in [0.2, 0.25) is 0 Å². The van der Waals surface area contributed by atoms with Crippen LogP contribution >= 0.6 is 11.8 Å². The van der Waals surface area contributed by atoms with E-state index < -0.39 is 11.7 Å². The summed E-state index contributed by atoms with van der Waals surface area (Å²) in [5.41, 5.74) is 0.454. The van der Waals surface area contributed by atoms with Gasteiger partial charge in [-0.1, -0.05) is 30.0 Å². The average Bonchev–Trinajstić information content (AvgIpc) is 2.72. The Morgan fingerprint density at radius 3 is 2.66 bits per heavy atom. The second kappa shape index (κ2) is 9.35. The van der Waals surface area contributed by atoms with Gasteiger partial charge in [-0.2, -0.15) is 13.2 Å². The summed E-state index contributed by atoms with van der Waals surface area (Å²) in [6.45, 7) is 0.520. The zero-order valence-corrected chi connectivity index (χ0v) is 16.7. The second-order valence-corrected chi connectivity index (χ2v) is 7.60. The molecule has 0 bridgehead atoms. The van der Waals surface area contributed by atoms with E-state index in [2.05, 4.69) is 4.99 Å². The van der Waals surface area contributed by atoms with E-state index in [-0.39, 0.29) is 11.6 Å². The molecule has 1 fully saturated rings. The number of carbonyl (C=O) groups is 1. The summed E-state index contributed by atoms with van der Waals surface area (Å²) < 4.78 is 43.9. The van der Waals surface area contributed by atoms with Crippen molar-refractivity contribution in [3.63, 3.8) is 0 Å². The van der Waals surface area contributed by atoms with Crippen LogP contribution in [-0.4, -0.2) is 35.4 Å². The highest BCUT2D eigenvalue weighted by molar-refractivity contribution is 8.13. The van der Waals surface area contributed by atoms with Crippen LogP contribution < -0.4 is 4.74 Å². The molecular formula is C21H21F3N2O2S. The third-order valence-electron chi connectivity index (χ3n) is 4.47. The fraction of sp³-hybridized carbons (Fsp3) is 0.333. The first-order chi connectivity index (χ1) is 13.9. The quantitative estimate of drug-likeness (QED) is 0.657. The predicted molar refractivity (Wildman–Crippen MR) is 109 cm³/mol. The van der Waals surface area contributed by atoms with Crippen LogP contribution in [0.15, 0.2) is 53.5 Å². The lowest BCUT2D eigenvalue weighted by molar-refractivity contribution is -0.137. The number of amidine groups is 1. The largest absolute Gasteiger partial charge is 0.497 e. The Balaban J connectivity index is 1.71. The molecule has 0 atom stereocenters. The van der Waals surface area contributed by atoms with Crippen molar-refractivity contribution in [1.82, 2.24) is 4.90 Å². The molecule has 3 rings (SSSR count). The Kier molecular flexibility index (Phi) is 6.84. The number of hydrogen-bond donors (Lipinski definition) is 0. The summed E-state index contributed by atoms with van der Waals surface area (Å²) in [6, 6.07) is 12.4. The second-order valence-electron chi connectivity index (χ2n) is 6.54. The highest BCUT2D eigenvalue weighted by Gasteiger charge is 2.30. The Labute approximate surface area is 171 Å². The molecule has 1 heterocycles. The van der Waals surface area contributed by atoms with Crippen molar-refractivity contribution >= 4 is 28.5 Å².